The molecule has 1 aromatic heterocycles. The van der Waals surface area contributed by atoms with Gasteiger partial charge in [0.05, 0.1) is 11.3 Å². The van der Waals surface area contributed by atoms with Gasteiger partial charge in [-0.25, -0.2) is 4.98 Å². The summed E-state index contributed by atoms with van der Waals surface area (Å²) in [5.41, 5.74) is -0.0426. The Bertz CT molecular complexity index is 432. The second-order valence-corrected chi connectivity index (χ2v) is 4.06. The van der Waals surface area contributed by atoms with Crippen LogP contribution in [0.25, 0.3) is 0 Å². The van der Waals surface area contributed by atoms with Crippen LogP contribution < -0.4 is 4.90 Å². The molecule has 0 aromatic carbocycles. The summed E-state index contributed by atoms with van der Waals surface area (Å²) >= 11 is 0. The van der Waals surface area contributed by atoms with Gasteiger partial charge in [0.2, 0.25) is 0 Å². The summed E-state index contributed by atoms with van der Waals surface area (Å²) in [6.45, 7) is 1.19. The molecule has 0 amide bonds. The highest BCUT2D eigenvalue weighted by atomic mass is 19.4. The van der Waals surface area contributed by atoms with E-state index in [0.717, 1.165) is 12.3 Å². The van der Waals surface area contributed by atoms with Gasteiger partial charge in [-0.05, 0) is 12.1 Å². The van der Waals surface area contributed by atoms with Crippen LogP contribution in [0.15, 0.2) is 23.5 Å². The van der Waals surface area contributed by atoms with E-state index in [1.807, 2.05) is 4.90 Å². The number of rotatable bonds is 1. The lowest BCUT2D eigenvalue weighted by Crippen LogP contribution is -2.34. The average molecular weight is 259 g/mol. The third-order valence-corrected chi connectivity index (χ3v) is 2.88. The molecule has 1 fully saturated rings. The number of nitrogens with zero attached hydrogens (tertiary/aromatic N) is 3. The maximum Gasteiger partial charge on any atom is 0.417 e. The molecule has 18 heavy (non-hydrogen) atoms. The van der Waals surface area contributed by atoms with Crippen molar-refractivity contribution in [3.8, 4) is 0 Å². The predicted octanol–water partition coefficient (Wildman–Crippen LogP) is 2.53. The van der Waals surface area contributed by atoms with E-state index in [-0.39, 0.29) is 0 Å². The highest BCUT2D eigenvalue weighted by molar-refractivity contribution is 5.85. The zero-order valence-electron chi connectivity index (χ0n) is 9.48. The van der Waals surface area contributed by atoms with E-state index >= 15 is 0 Å². The summed E-state index contributed by atoms with van der Waals surface area (Å²) in [5, 5.41) is 11.7. The van der Waals surface area contributed by atoms with E-state index in [4.69, 9.17) is 5.21 Å². The van der Waals surface area contributed by atoms with Gasteiger partial charge >= 0.3 is 6.18 Å². The number of anilines is 1. The summed E-state index contributed by atoms with van der Waals surface area (Å²) < 4.78 is 37.1. The van der Waals surface area contributed by atoms with E-state index in [2.05, 4.69) is 10.1 Å². The fourth-order valence-corrected chi connectivity index (χ4v) is 1.83. The van der Waals surface area contributed by atoms with Crippen molar-refractivity contribution in [2.75, 3.05) is 18.0 Å². The molecule has 1 aliphatic rings. The molecule has 0 radical (unpaired) electrons. The fourth-order valence-electron chi connectivity index (χ4n) is 1.83. The molecular weight excluding hydrogens is 247 g/mol. The van der Waals surface area contributed by atoms with Gasteiger partial charge in [0.25, 0.3) is 0 Å². The van der Waals surface area contributed by atoms with Crippen molar-refractivity contribution in [1.82, 2.24) is 4.98 Å². The molecular formula is C11H12F3N3O. The second kappa shape index (κ2) is 4.83. The van der Waals surface area contributed by atoms with Crippen molar-refractivity contribution in [2.45, 2.75) is 19.0 Å². The molecule has 98 valence electrons. The lowest BCUT2D eigenvalue weighted by atomic mass is 10.1. The number of hydrogen-bond acceptors (Lipinski definition) is 4. The first-order chi connectivity index (χ1) is 8.50. The summed E-state index contributed by atoms with van der Waals surface area (Å²) in [4.78, 5) is 5.69. The third-order valence-electron chi connectivity index (χ3n) is 2.88. The molecule has 0 bridgehead atoms. The number of oxime groups is 1. The minimum atomic E-state index is -4.36. The van der Waals surface area contributed by atoms with E-state index in [1.54, 1.807) is 0 Å². The SMILES string of the molecule is ON=C1CCN(c2ccc(C(F)(F)F)cn2)CC1. The molecule has 0 saturated carbocycles. The van der Waals surface area contributed by atoms with Crippen LogP contribution in [0.1, 0.15) is 18.4 Å². The maximum absolute atomic E-state index is 12.4. The maximum atomic E-state index is 12.4. The number of alkyl halides is 3. The molecule has 0 spiro atoms. The molecule has 2 heterocycles. The van der Waals surface area contributed by atoms with Gasteiger partial charge in [-0.1, -0.05) is 5.16 Å². The molecule has 1 aliphatic heterocycles. The van der Waals surface area contributed by atoms with Crippen LogP contribution in [0.2, 0.25) is 0 Å². The largest absolute Gasteiger partial charge is 0.417 e. The number of pyridine rings is 1. The number of piperidine rings is 1. The molecule has 1 saturated heterocycles. The molecule has 0 aliphatic carbocycles. The van der Waals surface area contributed by atoms with Crippen molar-refractivity contribution >= 4 is 11.5 Å². The second-order valence-electron chi connectivity index (χ2n) is 4.06. The highest BCUT2D eigenvalue weighted by Crippen LogP contribution is 2.29. The molecule has 0 atom stereocenters. The standard InChI is InChI=1S/C11H12F3N3O/c12-11(13,14)8-1-2-10(15-7-8)17-5-3-9(16-18)4-6-17/h1-2,7,18H,3-6H2. The Hall–Kier alpha value is -1.79. The van der Waals surface area contributed by atoms with E-state index in [9.17, 15) is 13.2 Å². The smallest absolute Gasteiger partial charge is 0.411 e. The van der Waals surface area contributed by atoms with Gasteiger partial charge in [0.15, 0.2) is 0 Å². The van der Waals surface area contributed by atoms with E-state index in [0.29, 0.717) is 37.5 Å². The van der Waals surface area contributed by atoms with E-state index < -0.39 is 11.7 Å². The van der Waals surface area contributed by atoms with Gasteiger partial charge in [0.1, 0.15) is 5.82 Å². The average Bonchev–Trinajstić information content (AvgIpc) is 2.38. The Balaban J connectivity index is 2.07. The molecule has 2 rings (SSSR count). The monoisotopic (exact) mass is 259 g/mol. The Morgan fingerprint density at radius 2 is 1.89 bits per heavy atom. The minimum Gasteiger partial charge on any atom is -0.411 e. The fraction of sp³-hybridized carbons (Fsp3) is 0.455. The Morgan fingerprint density at radius 3 is 2.33 bits per heavy atom. The van der Waals surface area contributed by atoms with Crippen molar-refractivity contribution in [1.29, 1.82) is 0 Å². The van der Waals surface area contributed by atoms with Crippen molar-refractivity contribution < 1.29 is 18.4 Å². The molecule has 0 unspecified atom stereocenters. The van der Waals surface area contributed by atoms with Crippen LogP contribution in [0, 0.1) is 0 Å². The first kappa shape index (κ1) is 12.7. The zero-order valence-corrected chi connectivity index (χ0v) is 9.48. The molecule has 1 N–H and O–H groups in total. The summed E-state index contributed by atoms with van der Waals surface area (Å²) in [6, 6.07) is 2.39. The van der Waals surface area contributed by atoms with Crippen LogP contribution in [-0.2, 0) is 6.18 Å². The third kappa shape index (κ3) is 2.72. The van der Waals surface area contributed by atoms with Crippen LogP contribution in [0.3, 0.4) is 0 Å². The van der Waals surface area contributed by atoms with Gasteiger partial charge in [-0.2, -0.15) is 13.2 Å². The first-order valence-corrected chi connectivity index (χ1v) is 5.48. The van der Waals surface area contributed by atoms with Crippen molar-refractivity contribution in [3.05, 3.63) is 23.9 Å². The lowest BCUT2D eigenvalue weighted by molar-refractivity contribution is -0.137. The number of aromatic nitrogens is 1. The molecule has 4 nitrogen and oxygen atoms in total. The minimum absolute atomic E-state index is 0.514. The van der Waals surface area contributed by atoms with E-state index in [1.165, 1.54) is 6.07 Å². The van der Waals surface area contributed by atoms with Crippen LogP contribution >= 0.6 is 0 Å². The lowest BCUT2D eigenvalue weighted by Gasteiger charge is -2.28. The van der Waals surface area contributed by atoms with Gasteiger partial charge in [-0.15, -0.1) is 0 Å². The Labute approximate surface area is 102 Å². The number of halogens is 3. The highest BCUT2D eigenvalue weighted by Gasteiger charge is 2.31. The quantitative estimate of drug-likeness (QED) is 0.622. The Morgan fingerprint density at radius 1 is 1.22 bits per heavy atom. The van der Waals surface area contributed by atoms with Crippen LogP contribution in [-0.4, -0.2) is 29.0 Å². The van der Waals surface area contributed by atoms with Gasteiger partial charge in [-0.3, -0.25) is 0 Å². The topological polar surface area (TPSA) is 48.7 Å². The zero-order chi connectivity index (χ0) is 13.2. The molecule has 1 aromatic rings. The van der Waals surface area contributed by atoms with Crippen LogP contribution in [0.5, 0.6) is 0 Å². The van der Waals surface area contributed by atoms with Gasteiger partial charge < -0.3 is 10.1 Å². The van der Waals surface area contributed by atoms with Crippen molar-refractivity contribution in [3.63, 3.8) is 0 Å². The number of hydrogen-bond donors (Lipinski definition) is 1. The Kier molecular flexibility index (Phi) is 3.40. The summed E-state index contributed by atoms with van der Waals surface area (Å²) in [6.07, 6.45) is -2.33. The normalized spacial score (nSPS) is 16.8. The first-order valence-electron chi connectivity index (χ1n) is 5.48. The van der Waals surface area contributed by atoms with Gasteiger partial charge in [0, 0.05) is 32.1 Å². The molecule has 7 heteroatoms. The predicted molar refractivity (Wildman–Crippen MR) is 59.9 cm³/mol. The van der Waals surface area contributed by atoms with Crippen LogP contribution in [0.4, 0.5) is 19.0 Å². The summed E-state index contributed by atoms with van der Waals surface area (Å²) in [7, 11) is 0. The summed E-state index contributed by atoms with van der Waals surface area (Å²) in [5.74, 6) is 0.514. The van der Waals surface area contributed by atoms with Crippen molar-refractivity contribution in [2.24, 2.45) is 5.16 Å².